The van der Waals surface area contributed by atoms with Crippen LogP contribution in [0.2, 0.25) is 0 Å². The van der Waals surface area contributed by atoms with Crippen LogP contribution < -0.4 is 5.32 Å². The van der Waals surface area contributed by atoms with Crippen molar-refractivity contribution in [2.75, 3.05) is 19.6 Å². The van der Waals surface area contributed by atoms with E-state index in [0.717, 1.165) is 30.5 Å². The first-order valence-electron chi connectivity index (χ1n) is 9.27. The van der Waals surface area contributed by atoms with Crippen LogP contribution in [0.25, 0.3) is 0 Å². The fraction of sp³-hybridized carbons (Fsp3) is 0.400. The lowest BCUT2D eigenvalue weighted by Gasteiger charge is -2.26. The number of aromatic nitrogens is 1. The number of piperidine rings is 1. The molecule has 1 aliphatic heterocycles. The first kappa shape index (κ1) is 19.5. The Morgan fingerprint density at radius 3 is 2.63 bits per heavy atom. The predicted molar refractivity (Wildman–Crippen MR) is 104 cm³/mol. The summed E-state index contributed by atoms with van der Waals surface area (Å²) in [6.07, 6.45) is 5.16. The Morgan fingerprint density at radius 1 is 1.15 bits per heavy atom. The third-order valence-corrected chi connectivity index (χ3v) is 6.69. The van der Waals surface area contributed by atoms with E-state index in [2.05, 4.69) is 10.3 Å². The number of nitrogens with one attached hydrogen (secondary N) is 1. The minimum absolute atomic E-state index is 0.185. The molecule has 3 rings (SSSR count). The number of carbonyl (C=O) groups excluding carboxylic acids is 1. The minimum Gasteiger partial charge on any atom is -0.352 e. The van der Waals surface area contributed by atoms with Crippen LogP contribution in [0, 0.1) is 6.92 Å². The number of hydrogen-bond donors (Lipinski definition) is 1. The lowest BCUT2D eigenvalue weighted by atomic mass is 10.1. The van der Waals surface area contributed by atoms with Crippen LogP contribution in [0.3, 0.4) is 0 Å². The highest BCUT2D eigenvalue weighted by Crippen LogP contribution is 2.22. The number of amides is 1. The fourth-order valence-electron chi connectivity index (χ4n) is 3.21. The van der Waals surface area contributed by atoms with E-state index in [1.54, 1.807) is 18.3 Å². The Kier molecular flexibility index (Phi) is 6.23. The molecule has 0 saturated carbocycles. The van der Waals surface area contributed by atoms with Crippen LogP contribution >= 0.6 is 0 Å². The van der Waals surface area contributed by atoms with Gasteiger partial charge in [-0.1, -0.05) is 18.6 Å². The molecule has 0 spiro atoms. The van der Waals surface area contributed by atoms with Crippen molar-refractivity contribution in [3.63, 3.8) is 0 Å². The van der Waals surface area contributed by atoms with E-state index in [1.807, 2.05) is 25.1 Å². The molecule has 0 bridgehead atoms. The van der Waals surface area contributed by atoms with Gasteiger partial charge in [-0.3, -0.25) is 9.78 Å². The molecule has 1 aromatic heterocycles. The molecule has 2 heterocycles. The maximum atomic E-state index is 12.9. The van der Waals surface area contributed by atoms with Crippen molar-refractivity contribution < 1.29 is 13.2 Å². The Balaban J connectivity index is 1.71. The number of hydrogen-bond acceptors (Lipinski definition) is 4. The van der Waals surface area contributed by atoms with Gasteiger partial charge in [0, 0.05) is 43.5 Å². The number of aryl methyl sites for hydroxylation is 1. The lowest BCUT2D eigenvalue weighted by molar-refractivity contribution is 0.0953. The van der Waals surface area contributed by atoms with Crippen LogP contribution in [-0.4, -0.2) is 43.2 Å². The summed E-state index contributed by atoms with van der Waals surface area (Å²) in [7, 11) is -3.55. The molecule has 1 N–H and O–H groups in total. The average Bonchev–Trinajstić information content (AvgIpc) is 2.69. The maximum Gasteiger partial charge on any atom is 0.251 e. The molecular weight excluding hydrogens is 362 g/mol. The molecule has 0 radical (unpaired) electrons. The van der Waals surface area contributed by atoms with Crippen molar-refractivity contribution in [3.05, 3.63) is 59.4 Å². The van der Waals surface area contributed by atoms with Gasteiger partial charge in [0.2, 0.25) is 10.0 Å². The Morgan fingerprint density at radius 2 is 1.93 bits per heavy atom. The second kappa shape index (κ2) is 8.63. The first-order chi connectivity index (χ1) is 13.0. The van der Waals surface area contributed by atoms with E-state index < -0.39 is 10.0 Å². The second-order valence-electron chi connectivity index (χ2n) is 6.77. The summed E-state index contributed by atoms with van der Waals surface area (Å²) in [5.74, 6) is -0.265. The van der Waals surface area contributed by atoms with E-state index >= 15 is 0 Å². The third-order valence-electron chi connectivity index (χ3n) is 4.80. The van der Waals surface area contributed by atoms with E-state index in [1.165, 1.54) is 10.4 Å². The molecular formula is C20H25N3O3S. The molecule has 0 atom stereocenters. The van der Waals surface area contributed by atoms with Crippen LogP contribution in [-0.2, 0) is 16.4 Å². The quantitative estimate of drug-likeness (QED) is 0.826. The minimum atomic E-state index is -3.55. The summed E-state index contributed by atoms with van der Waals surface area (Å²) in [4.78, 5) is 17.0. The summed E-state index contributed by atoms with van der Waals surface area (Å²) in [6.45, 7) is 3.34. The molecule has 1 fully saturated rings. The number of rotatable bonds is 6. The topological polar surface area (TPSA) is 79.4 Å². The summed E-state index contributed by atoms with van der Waals surface area (Å²) >= 11 is 0. The van der Waals surface area contributed by atoms with Crippen LogP contribution in [0.5, 0.6) is 0 Å². The summed E-state index contributed by atoms with van der Waals surface area (Å²) in [6, 6.07) is 10.4. The molecule has 1 saturated heterocycles. The second-order valence-corrected chi connectivity index (χ2v) is 8.71. The zero-order valence-corrected chi connectivity index (χ0v) is 16.3. The lowest BCUT2D eigenvalue weighted by Crippen LogP contribution is -2.35. The predicted octanol–water partition coefficient (Wildman–Crippen LogP) is 2.54. The standard InChI is InChI=1S/C20H25N3O3S/c1-16-8-9-18(27(25,26)23-13-5-2-6-14-23)15-19(16)20(24)22-12-10-17-7-3-4-11-21-17/h3-4,7-9,11,15H,2,5-6,10,12-14H2,1H3,(H,22,24). The van der Waals surface area contributed by atoms with E-state index in [-0.39, 0.29) is 10.8 Å². The molecule has 2 aromatic rings. The van der Waals surface area contributed by atoms with E-state index in [4.69, 9.17) is 0 Å². The van der Waals surface area contributed by atoms with E-state index in [0.29, 0.717) is 31.6 Å². The van der Waals surface area contributed by atoms with Gasteiger partial charge in [0.25, 0.3) is 5.91 Å². The van der Waals surface area contributed by atoms with Gasteiger partial charge in [-0.15, -0.1) is 0 Å². The highest BCUT2D eigenvalue weighted by Gasteiger charge is 2.27. The molecule has 7 heteroatoms. The molecule has 1 amide bonds. The van der Waals surface area contributed by atoms with Crippen LogP contribution in [0.4, 0.5) is 0 Å². The molecule has 1 aromatic carbocycles. The van der Waals surface area contributed by atoms with Gasteiger partial charge in [0.1, 0.15) is 0 Å². The van der Waals surface area contributed by atoms with Crippen molar-refractivity contribution in [1.82, 2.24) is 14.6 Å². The number of nitrogens with zero attached hydrogens (tertiary/aromatic N) is 2. The molecule has 1 aliphatic rings. The number of pyridine rings is 1. The zero-order valence-electron chi connectivity index (χ0n) is 15.5. The molecule has 0 unspecified atom stereocenters. The highest BCUT2D eigenvalue weighted by molar-refractivity contribution is 7.89. The van der Waals surface area contributed by atoms with Gasteiger partial charge in [-0.2, -0.15) is 4.31 Å². The first-order valence-corrected chi connectivity index (χ1v) is 10.7. The maximum absolute atomic E-state index is 12.9. The Labute approximate surface area is 160 Å². The fourth-order valence-corrected chi connectivity index (χ4v) is 4.75. The smallest absolute Gasteiger partial charge is 0.251 e. The van der Waals surface area contributed by atoms with Gasteiger partial charge in [0.15, 0.2) is 0 Å². The summed E-state index contributed by atoms with van der Waals surface area (Å²) < 4.78 is 27.2. The normalized spacial score (nSPS) is 15.4. The monoisotopic (exact) mass is 387 g/mol. The van der Waals surface area contributed by atoms with Crippen molar-refractivity contribution >= 4 is 15.9 Å². The molecule has 6 nitrogen and oxygen atoms in total. The largest absolute Gasteiger partial charge is 0.352 e. The van der Waals surface area contributed by atoms with Gasteiger partial charge >= 0.3 is 0 Å². The number of benzene rings is 1. The average molecular weight is 388 g/mol. The van der Waals surface area contributed by atoms with Gasteiger partial charge in [-0.25, -0.2) is 8.42 Å². The third kappa shape index (κ3) is 4.73. The van der Waals surface area contributed by atoms with Crippen molar-refractivity contribution in [2.24, 2.45) is 0 Å². The Bertz CT molecular complexity index is 892. The number of carbonyl (C=O) groups is 1. The Hall–Kier alpha value is -2.25. The number of sulfonamides is 1. The van der Waals surface area contributed by atoms with Gasteiger partial charge in [-0.05, 0) is 49.6 Å². The van der Waals surface area contributed by atoms with E-state index in [9.17, 15) is 13.2 Å². The van der Waals surface area contributed by atoms with Crippen molar-refractivity contribution in [2.45, 2.75) is 37.5 Å². The van der Waals surface area contributed by atoms with Gasteiger partial charge < -0.3 is 5.32 Å². The summed E-state index contributed by atoms with van der Waals surface area (Å²) in [5.41, 5.74) is 2.05. The summed E-state index contributed by atoms with van der Waals surface area (Å²) in [5, 5.41) is 2.86. The van der Waals surface area contributed by atoms with Crippen LogP contribution in [0.15, 0.2) is 47.5 Å². The molecule has 0 aliphatic carbocycles. The SMILES string of the molecule is Cc1ccc(S(=O)(=O)N2CCCCC2)cc1C(=O)NCCc1ccccn1. The molecule has 27 heavy (non-hydrogen) atoms. The van der Waals surface area contributed by atoms with Gasteiger partial charge in [0.05, 0.1) is 4.90 Å². The van der Waals surface area contributed by atoms with Crippen molar-refractivity contribution in [1.29, 1.82) is 0 Å². The zero-order chi connectivity index (χ0) is 19.3. The van der Waals surface area contributed by atoms with Crippen LogP contribution in [0.1, 0.15) is 40.9 Å². The van der Waals surface area contributed by atoms with Crippen molar-refractivity contribution in [3.8, 4) is 0 Å². The molecule has 144 valence electrons. The highest BCUT2D eigenvalue weighted by atomic mass is 32.2.